The third-order valence-electron chi connectivity index (χ3n) is 1.10. The predicted octanol–water partition coefficient (Wildman–Crippen LogP) is 0.784. The van der Waals surface area contributed by atoms with E-state index in [1.165, 1.54) is 0 Å². The maximum Gasteiger partial charge on any atom is 0.273 e. The van der Waals surface area contributed by atoms with E-state index in [-0.39, 0.29) is 5.91 Å². The average Bonchev–Trinajstić information content (AvgIpc) is 1.80. The highest BCUT2D eigenvalue weighted by atomic mass is 16.1. The van der Waals surface area contributed by atoms with Gasteiger partial charge in [-0.2, -0.15) is 0 Å². The van der Waals surface area contributed by atoms with Crippen molar-refractivity contribution in [1.29, 1.82) is 0 Å². The van der Waals surface area contributed by atoms with Crippen molar-refractivity contribution in [1.82, 2.24) is 5.32 Å². The van der Waals surface area contributed by atoms with Crippen molar-refractivity contribution in [3.63, 3.8) is 0 Å². The molecule has 1 aliphatic rings. The summed E-state index contributed by atoms with van der Waals surface area (Å²) in [4.78, 5) is 10.6. The normalized spacial score (nSPS) is 18.2. The minimum atomic E-state index is -0.180. The van der Waals surface area contributed by atoms with Crippen LogP contribution < -0.4 is 5.32 Å². The van der Waals surface area contributed by atoms with Gasteiger partial charge >= 0.3 is 0 Å². The molecule has 0 saturated heterocycles. The van der Waals surface area contributed by atoms with Crippen molar-refractivity contribution in [3.05, 3.63) is 23.4 Å². The standard InChI is InChI=1S/C7H7NO/c1-5-3-6(2)7(9)8-4-5/h3H,1-2H3. The van der Waals surface area contributed by atoms with Gasteiger partial charge in [0.1, 0.15) is 0 Å². The second kappa shape index (κ2) is 2.05. The lowest BCUT2D eigenvalue weighted by atomic mass is 10.1. The first-order valence-electron chi connectivity index (χ1n) is 2.73. The molecule has 46 valence electrons. The molecule has 0 aromatic carbocycles. The van der Waals surface area contributed by atoms with E-state index in [1.54, 1.807) is 13.0 Å². The minimum absolute atomic E-state index is 0.180. The first-order valence-corrected chi connectivity index (χ1v) is 2.73. The van der Waals surface area contributed by atoms with Crippen LogP contribution in [0.15, 0.2) is 17.2 Å². The smallest absolute Gasteiger partial charge is 0.267 e. The number of rotatable bonds is 0. The molecule has 0 atom stereocenters. The molecule has 2 radical (unpaired) electrons. The fourth-order valence-corrected chi connectivity index (χ4v) is 0.646. The molecule has 0 aliphatic carbocycles. The van der Waals surface area contributed by atoms with Crippen LogP contribution in [0.5, 0.6) is 0 Å². The molecule has 0 unspecified atom stereocenters. The van der Waals surface area contributed by atoms with Gasteiger partial charge in [0.05, 0.1) is 6.20 Å². The largest absolute Gasteiger partial charge is 0.273 e. The molecular formula is C7H7NO. The number of carbonyl (C=O) groups is 1. The Hall–Kier alpha value is -1.05. The zero-order chi connectivity index (χ0) is 6.85. The average molecular weight is 121 g/mol. The third kappa shape index (κ3) is 1.19. The van der Waals surface area contributed by atoms with Gasteiger partial charge in [0, 0.05) is 5.57 Å². The summed E-state index contributed by atoms with van der Waals surface area (Å²) in [6, 6.07) is 0. The number of carbonyl (C=O) groups excluding carboxylic acids is 1. The number of allylic oxidation sites excluding steroid dienone is 2. The molecule has 0 fully saturated rings. The van der Waals surface area contributed by atoms with Crippen LogP contribution in [0.1, 0.15) is 13.8 Å². The van der Waals surface area contributed by atoms with Gasteiger partial charge in [0.2, 0.25) is 0 Å². The summed E-state index contributed by atoms with van der Waals surface area (Å²) >= 11 is 0. The van der Waals surface area contributed by atoms with Gasteiger partial charge in [0.25, 0.3) is 5.91 Å². The summed E-state index contributed by atoms with van der Waals surface area (Å²) in [6.07, 6.45) is 4.35. The Morgan fingerprint density at radius 3 is 2.67 bits per heavy atom. The molecule has 1 rings (SSSR count). The Balaban J connectivity index is 2.87. The van der Waals surface area contributed by atoms with Gasteiger partial charge < -0.3 is 0 Å². The van der Waals surface area contributed by atoms with Gasteiger partial charge in [0.15, 0.2) is 0 Å². The first-order chi connectivity index (χ1) is 4.20. The molecule has 1 amide bonds. The topological polar surface area (TPSA) is 31.2 Å². The summed E-state index contributed by atoms with van der Waals surface area (Å²) < 4.78 is 0. The number of hydrogen-bond donors (Lipinski definition) is 0. The molecule has 0 aromatic rings. The SMILES string of the molecule is CC1=[C][N]C(=O)C(C)=C1. The number of nitrogens with zero attached hydrogens (tertiary/aromatic N) is 1. The molecule has 2 heteroatoms. The van der Waals surface area contributed by atoms with Crippen LogP contribution in [0.25, 0.3) is 0 Å². The molecule has 0 spiro atoms. The third-order valence-corrected chi connectivity index (χ3v) is 1.10. The van der Waals surface area contributed by atoms with Crippen molar-refractivity contribution in [2.45, 2.75) is 13.8 Å². The van der Waals surface area contributed by atoms with Crippen molar-refractivity contribution < 1.29 is 4.79 Å². The van der Waals surface area contributed by atoms with Crippen molar-refractivity contribution in [2.24, 2.45) is 0 Å². The Morgan fingerprint density at radius 1 is 1.56 bits per heavy atom. The molecule has 2 nitrogen and oxygen atoms in total. The van der Waals surface area contributed by atoms with Crippen LogP contribution in [0, 0.1) is 6.20 Å². The minimum Gasteiger partial charge on any atom is -0.267 e. The Morgan fingerprint density at radius 2 is 2.22 bits per heavy atom. The molecular weight excluding hydrogens is 114 g/mol. The van der Waals surface area contributed by atoms with Gasteiger partial charge in [-0.1, -0.05) is 0 Å². The lowest BCUT2D eigenvalue weighted by Crippen LogP contribution is -2.14. The monoisotopic (exact) mass is 121 g/mol. The van der Waals surface area contributed by atoms with Crippen molar-refractivity contribution >= 4 is 5.91 Å². The van der Waals surface area contributed by atoms with E-state index in [0.29, 0.717) is 5.57 Å². The van der Waals surface area contributed by atoms with E-state index < -0.39 is 0 Å². The predicted molar refractivity (Wildman–Crippen MR) is 33.3 cm³/mol. The van der Waals surface area contributed by atoms with Crippen LogP contribution in [0.2, 0.25) is 0 Å². The fraction of sp³-hybridized carbons (Fsp3) is 0.286. The molecule has 0 N–H and O–H groups in total. The maximum atomic E-state index is 10.6. The molecule has 1 heterocycles. The van der Waals surface area contributed by atoms with Crippen LogP contribution in [0.3, 0.4) is 0 Å². The first kappa shape index (κ1) is 6.08. The Labute approximate surface area is 54.3 Å². The van der Waals surface area contributed by atoms with E-state index >= 15 is 0 Å². The quantitative estimate of drug-likeness (QED) is 0.466. The summed E-state index contributed by atoms with van der Waals surface area (Å²) in [6.45, 7) is 3.61. The maximum absolute atomic E-state index is 10.6. The summed E-state index contributed by atoms with van der Waals surface area (Å²) in [5, 5.41) is 3.50. The van der Waals surface area contributed by atoms with Crippen LogP contribution >= 0.6 is 0 Å². The number of hydrogen-bond acceptors (Lipinski definition) is 1. The van der Waals surface area contributed by atoms with E-state index in [2.05, 4.69) is 11.5 Å². The summed E-state index contributed by atoms with van der Waals surface area (Å²) in [5.74, 6) is -0.180. The van der Waals surface area contributed by atoms with E-state index in [4.69, 9.17) is 0 Å². The van der Waals surface area contributed by atoms with Crippen LogP contribution in [-0.2, 0) is 4.79 Å². The Kier molecular flexibility index (Phi) is 1.39. The van der Waals surface area contributed by atoms with Gasteiger partial charge in [-0.3, -0.25) is 4.79 Å². The van der Waals surface area contributed by atoms with E-state index in [9.17, 15) is 4.79 Å². The highest BCUT2D eigenvalue weighted by Gasteiger charge is 2.08. The fourth-order valence-electron chi connectivity index (χ4n) is 0.646. The second-order valence-electron chi connectivity index (χ2n) is 2.04. The highest BCUT2D eigenvalue weighted by molar-refractivity contribution is 5.94. The zero-order valence-corrected chi connectivity index (χ0v) is 5.43. The van der Waals surface area contributed by atoms with Crippen LogP contribution in [0.4, 0.5) is 0 Å². The van der Waals surface area contributed by atoms with Crippen molar-refractivity contribution in [3.8, 4) is 0 Å². The zero-order valence-electron chi connectivity index (χ0n) is 5.43. The number of amides is 1. The second-order valence-corrected chi connectivity index (χ2v) is 2.04. The lowest BCUT2D eigenvalue weighted by Gasteiger charge is -2.02. The summed E-state index contributed by atoms with van der Waals surface area (Å²) in [5.41, 5.74) is 1.60. The lowest BCUT2D eigenvalue weighted by molar-refractivity contribution is -0.117. The van der Waals surface area contributed by atoms with E-state index in [0.717, 1.165) is 5.57 Å². The van der Waals surface area contributed by atoms with Gasteiger partial charge in [-0.25, -0.2) is 5.32 Å². The molecule has 0 bridgehead atoms. The highest BCUT2D eigenvalue weighted by Crippen LogP contribution is 2.05. The van der Waals surface area contributed by atoms with Gasteiger partial charge in [-0.05, 0) is 25.5 Å². The van der Waals surface area contributed by atoms with Gasteiger partial charge in [-0.15, -0.1) is 0 Å². The van der Waals surface area contributed by atoms with E-state index in [1.807, 2.05) is 6.92 Å². The molecule has 9 heavy (non-hydrogen) atoms. The van der Waals surface area contributed by atoms with Crippen molar-refractivity contribution in [2.75, 3.05) is 0 Å². The molecule has 0 aromatic heterocycles. The van der Waals surface area contributed by atoms with Crippen LogP contribution in [-0.4, -0.2) is 5.91 Å². The summed E-state index contributed by atoms with van der Waals surface area (Å²) in [7, 11) is 0. The molecule has 0 saturated carbocycles. The molecule has 1 aliphatic heterocycles. The Bertz CT molecular complexity index is 201.